The van der Waals surface area contributed by atoms with Crippen molar-refractivity contribution < 1.29 is 9.47 Å². The van der Waals surface area contributed by atoms with E-state index in [-0.39, 0.29) is 0 Å². The fourth-order valence-electron chi connectivity index (χ4n) is 9.23. The second-order valence-corrected chi connectivity index (χ2v) is 20.5. The number of anilines is 4. The summed E-state index contributed by atoms with van der Waals surface area (Å²) in [6, 6.07) is 40.1. The van der Waals surface area contributed by atoms with Gasteiger partial charge in [0.15, 0.2) is 0 Å². The molecule has 0 spiro atoms. The summed E-state index contributed by atoms with van der Waals surface area (Å²) in [7, 11) is 3.45. The van der Waals surface area contributed by atoms with Gasteiger partial charge in [-0.2, -0.15) is 0 Å². The quantitative estimate of drug-likeness (QED) is 0.0372. The van der Waals surface area contributed by atoms with Crippen LogP contribution in [0.1, 0.15) is 192 Å². The van der Waals surface area contributed by atoms with E-state index in [0.717, 1.165) is 86.1 Å². The van der Waals surface area contributed by atoms with E-state index in [1.165, 1.54) is 137 Å². The van der Waals surface area contributed by atoms with Gasteiger partial charge in [0.05, 0.1) is 14.2 Å². The molecule has 0 heterocycles. The maximum atomic E-state index is 5.81. The number of benzene rings is 5. The fourth-order valence-corrected chi connectivity index (χ4v) is 9.23. The van der Waals surface area contributed by atoms with Crippen LogP contribution >= 0.6 is 0 Å². The second kappa shape index (κ2) is 37.8. The molecule has 5 rings (SSSR count). The molecule has 0 aliphatic heterocycles. The first-order chi connectivity index (χ1) is 37.3. The lowest BCUT2D eigenvalue weighted by atomic mass is 10.0. The number of hydrogen-bond acceptors (Lipinski definition) is 6. The molecule has 0 saturated heterocycles. The highest BCUT2D eigenvalue weighted by Gasteiger charge is 2.11. The molecular formula is C70H102N4O2. The molecule has 0 radical (unpaired) electrons. The minimum Gasteiger partial charge on any atom is -0.496 e. The Morgan fingerprint density at radius 2 is 0.461 bits per heavy atom. The fraction of sp³-hybridized carbons (Fsp3) is 0.486. The molecule has 0 aliphatic rings. The van der Waals surface area contributed by atoms with Crippen molar-refractivity contribution in [1.82, 2.24) is 0 Å². The molecule has 0 unspecified atom stereocenters. The van der Waals surface area contributed by atoms with Crippen molar-refractivity contribution >= 4 is 59.2 Å². The number of hydrogen-bond donors (Lipinski definition) is 0. The van der Waals surface area contributed by atoms with Crippen molar-refractivity contribution in [2.45, 2.75) is 158 Å². The van der Waals surface area contributed by atoms with E-state index >= 15 is 0 Å². The molecule has 5 aromatic carbocycles. The van der Waals surface area contributed by atoms with Crippen molar-refractivity contribution in [3.05, 3.63) is 143 Å². The Bertz CT molecular complexity index is 2150. The van der Waals surface area contributed by atoms with Gasteiger partial charge in [-0.15, -0.1) is 0 Å². The Labute approximate surface area is 464 Å². The summed E-state index contributed by atoms with van der Waals surface area (Å²) in [6.45, 7) is 27.2. The van der Waals surface area contributed by atoms with Gasteiger partial charge in [-0.1, -0.05) is 192 Å². The van der Waals surface area contributed by atoms with Crippen LogP contribution in [-0.2, 0) is 0 Å². The first-order valence-electron chi connectivity index (χ1n) is 30.0. The van der Waals surface area contributed by atoms with Crippen molar-refractivity contribution in [2.75, 3.05) is 86.2 Å². The lowest BCUT2D eigenvalue weighted by molar-refractivity contribution is 0.401. The monoisotopic (exact) mass is 1030 g/mol. The van der Waals surface area contributed by atoms with Gasteiger partial charge in [0, 0.05) is 86.2 Å². The number of methoxy groups -OCH3 is 2. The zero-order chi connectivity index (χ0) is 54.6. The third kappa shape index (κ3) is 22.4. The molecule has 5 aromatic rings. The third-order valence-corrected chi connectivity index (χ3v) is 14.2. The van der Waals surface area contributed by atoms with E-state index in [0.29, 0.717) is 0 Å². The van der Waals surface area contributed by atoms with Crippen LogP contribution in [0.3, 0.4) is 0 Å². The van der Waals surface area contributed by atoms with Gasteiger partial charge in [0.25, 0.3) is 0 Å². The Hall–Kier alpha value is -5.88. The van der Waals surface area contributed by atoms with Crippen LogP contribution in [0.2, 0.25) is 0 Å². The molecular weight excluding hydrogens is 929 g/mol. The number of ether oxygens (including phenoxy) is 2. The zero-order valence-electron chi connectivity index (χ0n) is 49.4. The molecule has 0 aliphatic carbocycles. The van der Waals surface area contributed by atoms with Gasteiger partial charge in [-0.25, -0.2) is 0 Å². The summed E-state index contributed by atoms with van der Waals surface area (Å²) in [5.41, 5.74) is 12.1. The van der Waals surface area contributed by atoms with E-state index in [1.54, 1.807) is 14.2 Å². The molecule has 0 bridgehead atoms. The van der Waals surface area contributed by atoms with Gasteiger partial charge in [0.2, 0.25) is 0 Å². The standard InChI is InChI=1S/C40H56N2O2.C30H46N2/c1-7-11-27-41(28-12-8-2)37-23-17-33(18-24-37)15-21-35-31-40(44-6)36(32-39(35)43-5)22-16-34-19-25-38(26-20-34)42(29-13-9-3)30-14-10-4;1-5-9-23-31(24-10-6-2)29-19-15-27(16-20-29)13-14-28-17-21-30(22-18-28)32(25-11-7-3)26-12-8-4/h15-26,31-32H,7-14,27-30H2,1-6H3;13-22H,5-12,23-26H2,1-4H3/b21-15+,22-16+;14-13+. The predicted octanol–water partition coefficient (Wildman–Crippen LogP) is 19.5. The molecule has 76 heavy (non-hydrogen) atoms. The van der Waals surface area contributed by atoms with E-state index in [4.69, 9.17) is 9.47 Å². The molecule has 0 fully saturated rings. The minimum atomic E-state index is 0.821. The maximum absolute atomic E-state index is 5.81. The van der Waals surface area contributed by atoms with Gasteiger partial charge >= 0.3 is 0 Å². The minimum absolute atomic E-state index is 0.821. The molecule has 0 aromatic heterocycles. The van der Waals surface area contributed by atoms with E-state index < -0.39 is 0 Å². The highest BCUT2D eigenvalue weighted by molar-refractivity contribution is 5.79. The summed E-state index contributed by atoms with van der Waals surface area (Å²) < 4.78 is 11.6. The first kappa shape index (κ1) is 62.7. The molecule has 414 valence electrons. The van der Waals surface area contributed by atoms with Gasteiger partial charge in [-0.3, -0.25) is 0 Å². The van der Waals surface area contributed by atoms with Crippen LogP contribution in [0, 0.1) is 0 Å². The Kier molecular flexibility index (Phi) is 31.2. The lowest BCUT2D eigenvalue weighted by Gasteiger charge is -2.25. The van der Waals surface area contributed by atoms with Crippen LogP contribution in [0.4, 0.5) is 22.7 Å². The van der Waals surface area contributed by atoms with Crippen LogP contribution < -0.4 is 29.1 Å². The van der Waals surface area contributed by atoms with Crippen LogP contribution in [0.25, 0.3) is 36.5 Å². The SMILES string of the molecule is CCCCN(CCCC)c1ccc(/C=C/c2cc(OC)c(/C=C/c3ccc(N(CCCC)CCCC)cc3)cc2OC)cc1.CCCCN(CCCC)c1ccc(/C=C/c2ccc(N(CCCC)CCCC)cc2)cc1. The van der Waals surface area contributed by atoms with Crippen LogP contribution in [0.5, 0.6) is 11.5 Å². The topological polar surface area (TPSA) is 31.4 Å². The van der Waals surface area contributed by atoms with Crippen molar-refractivity contribution in [3.8, 4) is 11.5 Å². The van der Waals surface area contributed by atoms with Crippen molar-refractivity contribution in [1.29, 1.82) is 0 Å². The van der Waals surface area contributed by atoms with Crippen LogP contribution in [-0.4, -0.2) is 66.6 Å². The Morgan fingerprint density at radius 1 is 0.276 bits per heavy atom. The zero-order valence-corrected chi connectivity index (χ0v) is 49.4. The van der Waals surface area contributed by atoms with Gasteiger partial charge in [0.1, 0.15) is 11.5 Å². The normalized spacial score (nSPS) is 11.3. The second-order valence-electron chi connectivity index (χ2n) is 20.5. The third-order valence-electron chi connectivity index (χ3n) is 14.2. The number of unbranched alkanes of at least 4 members (excludes halogenated alkanes) is 8. The number of rotatable bonds is 36. The lowest BCUT2D eigenvalue weighted by Crippen LogP contribution is -2.25. The van der Waals surface area contributed by atoms with Gasteiger partial charge < -0.3 is 29.1 Å². The number of nitrogens with zero attached hydrogens (tertiary/aromatic N) is 4. The predicted molar refractivity (Wildman–Crippen MR) is 340 cm³/mol. The summed E-state index contributed by atoms with van der Waals surface area (Å²) in [5, 5.41) is 0. The maximum Gasteiger partial charge on any atom is 0.126 e. The van der Waals surface area contributed by atoms with E-state index in [9.17, 15) is 0 Å². The molecule has 6 heteroatoms. The smallest absolute Gasteiger partial charge is 0.126 e. The molecule has 0 saturated carbocycles. The first-order valence-corrected chi connectivity index (χ1v) is 30.0. The molecule has 6 nitrogen and oxygen atoms in total. The summed E-state index contributed by atoms with van der Waals surface area (Å²) in [5.74, 6) is 1.64. The molecule has 0 N–H and O–H groups in total. The highest BCUT2D eigenvalue weighted by atomic mass is 16.5. The Morgan fingerprint density at radius 3 is 0.632 bits per heavy atom. The molecule has 0 amide bonds. The average Bonchev–Trinajstić information content (AvgIpc) is 3.46. The van der Waals surface area contributed by atoms with E-state index in [1.807, 2.05) is 0 Å². The summed E-state index contributed by atoms with van der Waals surface area (Å²) in [6.07, 6.45) is 32.7. The van der Waals surface area contributed by atoms with E-state index in [2.05, 4.69) is 221 Å². The van der Waals surface area contributed by atoms with Crippen LogP contribution in [0.15, 0.2) is 109 Å². The Balaban J connectivity index is 0.000000346. The van der Waals surface area contributed by atoms with Crippen molar-refractivity contribution in [2.24, 2.45) is 0 Å². The summed E-state index contributed by atoms with van der Waals surface area (Å²) in [4.78, 5) is 10.1. The molecule has 0 atom stereocenters. The summed E-state index contributed by atoms with van der Waals surface area (Å²) >= 11 is 0. The largest absolute Gasteiger partial charge is 0.496 e. The average molecular weight is 1030 g/mol. The van der Waals surface area contributed by atoms with Crippen molar-refractivity contribution in [3.63, 3.8) is 0 Å². The van der Waals surface area contributed by atoms with Gasteiger partial charge in [-0.05, 0) is 134 Å². The highest BCUT2D eigenvalue weighted by Crippen LogP contribution is 2.32.